The van der Waals surface area contributed by atoms with Crippen molar-refractivity contribution in [2.24, 2.45) is 11.8 Å². The van der Waals surface area contributed by atoms with Gasteiger partial charge in [-0.25, -0.2) is 4.98 Å². The van der Waals surface area contributed by atoms with Gasteiger partial charge in [0.05, 0.1) is 23.4 Å². The first-order valence-corrected chi connectivity index (χ1v) is 10.2. The average Bonchev–Trinajstić information content (AvgIpc) is 3.03. The molecular weight excluding hydrogens is 378 g/mol. The number of aryl methyl sites for hydroxylation is 1. The van der Waals surface area contributed by atoms with Crippen molar-refractivity contribution < 1.29 is 9.53 Å². The summed E-state index contributed by atoms with van der Waals surface area (Å²) < 4.78 is 7.11. The quantitative estimate of drug-likeness (QED) is 0.762. The molecule has 0 radical (unpaired) electrons. The molecule has 8 heteroatoms. The summed E-state index contributed by atoms with van der Waals surface area (Å²) >= 11 is 6.59. The molecule has 0 saturated heterocycles. The Bertz CT molecular complexity index is 843. The number of carbonyl (C=O) groups is 1. The van der Waals surface area contributed by atoms with Crippen LogP contribution in [0.4, 0.5) is 5.82 Å². The van der Waals surface area contributed by atoms with E-state index in [9.17, 15) is 4.79 Å². The first-order valence-electron chi connectivity index (χ1n) is 9.78. The third-order valence-corrected chi connectivity index (χ3v) is 5.82. The molecule has 3 N–H and O–H groups in total. The molecule has 28 heavy (non-hydrogen) atoms. The number of nitrogens with two attached hydrogens (primary N) is 1. The van der Waals surface area contributed by atoms with E-state index in [4.69, 9.17) is 22.1 Å². The van der Waals surface area contributed by atoms with Gasteiger partial charge in [-0.1, -0.05) is 31.4 Å². The highest BCUT2D eigenvalue weighted by molar-refractivity contribution is 6.36. The van der Waals surface area contributed by atoms with E-state index >= 15 is 0 Å². The molecule has 2 aromatic rings. The summed E-state index contributed by atoms with van der Waals surface area (Å²) in [5.74, 6) is 1.94. The summed E-state index contributed by atoms with van der Waals surface area (Å²) in [7, 11) is 1.55. The Balaban J connectivity index is 1.83. The molecule has 1 fully saturated rings. The zero-order valence-corrected chi connectivity index (χ0v) is 17.4. The van der Waals surface area contributed by atoms with Crippen LogP contribution in [0.15, 0.2) is 12.3 Å². The number of amides is 1. The van der Waals surface area contributed by atoms with Crippen LogP contribution in [0, 0.1) is 11.8 Å². The first kappa shape index (κ1) is 20.5. The summed E-state index contributed by atoms with van der Waals surface area (Å²) in [5.41, 5.74) is 7.23. The molecule has 0 bridgehead atoms. The number of anilines is 1. The lowest BCUT2D eigenvalue weighted by molar-refractivity contribution is 0.0936. The monoisotopic (exact) mass is 405 g/mol. The molecule has 0 unspecified atom stereocenters. The van der Waals surface area contributed by atoms with Crippen molar-refractivity contribution >= 4 is 23.3 Å². The molecule has 0 aromatic carbocycles. The van der Waals surface area contributed by atoms with E-state index in [1.807, 2.05) is 6.92 Å². The summed E-state index contributed by atoms with van der Waals surface area (Å²) in [6, 6.07) is 1.63. The van der Waals surface area contributed by atoms with Crippen LogP contribution >= 0.6 is 11.6 Å². The van der Waals surface area contributed by atoms with Crippen LogP contribution in [0.5, 0.6) is 5.75 Å². The molecule has 152 valence electrons. The molecule has 2 aromatic heterocycles. The van der Waals surface area contributed by atoms with Gasteiger partial charge in [0, 0.05) is 25.4 Å². The maximum Gasteiger partial charge on any atom is 0.273 e. The second-order valence-corrected chi connectivity index (χ2v) is 7.85. The highest BCUT2D eigenvalue weighted by Gasteiger charge is 2.26. The van der Waals surface area contributed by atoms with Gasteiger partial charge in [0.15, 0.2) is 5.69 Å². The third kappa shape index (κ3) is 4.24. The van der Waals surface area contributed by atoms with Crippen molar-refractivity contribution in [3.63, 3.8) is 0 Å². The number of hydrogen-bond acceptors (Lipinski definition) is 5. The first-order chi connectivity index (χ1) is 13.4. The Morgan fingerprint density at radius 1 is 1.39 bits per heavy atom. The Hall–Kier alpha value is -2.28. The van der Waals surface area contributed by atoms with E-state index in [1.165, 1.54) is 12.8 Å². The minimum atomic E-state index is -0.251. The Kier molecular flexibility index (Phi) is 6.44. The van der Waals surface area contributed by atoms with Gasteiger partial charge in [0.2, 0.25) is 0 Å². The van der Waals surface area contributed by atoms with E-state index in [0.29, 0.717) is 46.9 Å². The van der Waals surface area contributed by atoms with Crippen LogP contribution in [0.25, 0.3) is 11.3 Å². The zero-order chi connectivity index (χ0) is 20.3. The second-order valence-electron chi connectivity index (χ2n) is 7.47. The topological polar surface area (TPSA) is 95.1 Å². The molecule has 7 nitrogen and oxygen atoms in total. The fraction of sp³-hybridized carbons (Fsp3) is 0.550. The minimum Gasteiger partial charge on any atom is -0.496 e. The minimum absolute atomic E-state index is 0.224. The van der Waals surface area contributed by atoms with Crippen molar-refractivity contribution in [3.05, 3.63) is 23.0 Å². The molecule has 1 saturated carbocycles. The van der Waals surface area contributed by atoms with Crippen molar-refractivity contribution in [3.8, 4) is 17.0 Å². The lowest BCUT2D eigenvalue weighted by Gasteiger charge is -2.26. The lowest BCUT2D eigenvalue weighted by atomic mass is 9.83. The molecule has 1 amide bonds. The number of aromatic nitrogens is 3. The second kappa shape index (κ2) is 8.82. The average molecular weight is 406 g/mol. The van der Waals surface area contributed by atoms with Crippen LogP contribution in [-0.4, -0.2) is 34.3 Å². The number of hydrogen-bond donors (Lipinski definition) is 2. The predicted molar refractivity (Wildman–Crippen MR) is 111 cm³/mol. The van der Waals surface area contributed by atoms with E-state index in [2.05, 4.69) is 22.3 Å². The van der Waals surface area contributed by atoms with Crippen LogP contribution in [0.3, 0.4) is 0 Å². The standard InChI is InChI=1S/C20H28ClN5O2/c1-4-26-19(14-11-23-16(22)9-15(14)28-3)17(21)18(25-26)20(27)24-10-13-7-5-12(2)6-8-13/h9,11-13H,4-8,10H2,1-3H3,(H2,22,23)(H,24,27). The van der Waals surface area contributed by atoms with Gasteiger partial charge < -0.3 is 15.8 Å². The third-order valence-electron chi connectivity index (χ3n) is 5.46. The Labute approximate surface area is 170 Å². The molecule has 1 aliphatic rings. The number of rotatable bonds is 6. The number of methoxy groups -OCH3 is 1. The summed E-state index contributed by atoms with van der Waals surface area (Å²) in [5, 5.41) is 7.74. The number of nitrogens with one attached hydrogen (secondary N) is 1. The number of ether oxygens (including phenoxy) is 1. The van der Waals surface area contributed by atoms with Crippen molar-refractivity contribution in [2.75, 3.05) is 19.4 Å². The van der Waals surface area contributed by atoms with Crippen LogP contribution in [0.1, 0.15) is 50.0 Å². The molecule has 1 aliphatic carbocycles. The number of carbonyl (C=O) groups excluding carboxylic acids is 1. The molecule has 2 heterocycles. The van der Waals surface area contributed by atoms with Gasteiger partial charge in [-0.15, -0.1) is 0 Å². The highest BCUT2D eigenvalue weighted by Crippen LogP contribution is 2.37. The summed E-state index contributed by atoms with van der Waals surface area (Å²) in [6.07, 6.45) is 6.34. The number of nitrogen functional groups attached to an aromatic ring is 1. The lowest BCUT2D eigenvalue weighted by Crippen LogP contribution is -2.31. The van der Waals surface area contributed by atoms with Gasteiger partial charge in [0.1, 0.15) is 11.6 Å². The van der Waals surface area contributed by atoms with Crippen LogP contribution < -0.4 is 15.8 Å². The van der Waals surface area contributed by atoms with E-state index in [1.54, 1.807) is 24.1 Å². The Morgan fingerprint density at radius 3 is 2.75 bits per heavy atom. The maximum absolute atomic E-state index is 12.8. The van der Waals surface area contributed by atoms with Gasteiger partial charge >= 0.3 is 0 Å². The summed E-state index contributed by atoms with van der Waals surface area (Å²) in [4.78, 5) is 16.9. The van der Waals surface area contributed by atoms with Crippen molar-refractivity contribution in [1.29, 1.82) is 0 Å². The molecule has 3 rings (SSSR count). The molecule has 0 aliphatic heterocycles. The molecular formula is C20H28ClN5O2. The fourth-order valence-corrected chi connectivity index (χ4v) is 4.05. The van der Waals surface area contributed by atoms with Crippen molar-refractivity contribution in [1.82, 2.24) is 20.1 Å². The largest absolute Gasteiger partial charge is 0.496 e. The Morgan fingerprint density at radius 2 is 2.11 bits per heavy atom. The van der Waals surface area contributed by atoms with Crippen molar-refractivity contribution in [2.45, 2.75) is 46.1 Å². The van der Waals surface area contributed by atoms with Gasteiger partial charge in [-0.2, -0.15) is 5.10 Å². The normalized spacial score (nSPS) is 19.4. The molecule has 0 atom stereocenters. The van der Waals surface area contributed by atoms with E-state index in [0.717, 1.165) is 18.8 Å². The van der Waals surface area contributed by atoms with Gasteiger partial charge in [-0.3, -0.25) is 9.48 Å². The number of nitrogens with zero attached hydrogens (tertiary/aromatic N) is 3. The smallest absolute Gasteiger partial charge is 0.273 e. The van der Waals surface area contributed by atoms with Gasteiger partial charge in [-0.05, 0) is 31.6 Å². The highest BCUT2D eigenvalue weighted by atomic mass is 35.5. The number of pyridine rings is 1. The predicted octanol–water partition coefficient (Wildman–Crippen LogP) is 3.77. The SMILES string of the molecule is CCn1nc(C(=O)NCC2CCC(C)CC2)c(Cl)c1-c1cnc(N)cc1OC. The van der Waals surface area contributed by atoms with E-state index in [-0.39, 0.29) is 11.6 Å². The number of halogens is 1. The maximum atomic E-state index is 12.8. The fourth-order valence-electron chi connectivity index (χ4n) is 3.72. The van der Waals surface area contributed by atoms with Crippen LogP contribution in [-0.2, 0) is 6.54 Å². The van der Waals surface area contributed by atoms with Crippen LogP contribution in [0.2, 0.25) is 5.02 Å². The zero-order valence-electron chi connectivity index (χ0n) is 16.7. The molecule has 0 spiro atoms. The van der Waals surface area contributed by atoms with Gasteiger partial charge in [0.25, 0.3) is 5.91 Å². The van der Waals surface area contributed by atoms with E-state index < -0.39 is 0 Å². The summed E-state index contributed by atoms with van der Waals surface area (Å²) in [6.45, 7) is 5.43.